The minimum Gasteiger partial charge on any atom is -0.378 e. The van der Waals surface area contributed by atoms with Crippen LogP contribution in [0.25, 0.3) is 0 Å². The van der Waals surface area contributed by atoms with Crippen molar-refractivity contribution in [1.82, 2.24) is 10.6 Å². The highest BCUT2D eigenvalue weighted by atomic mass is 35.5. The average Bonchev–Trinajstić information content (AvgIpc) is 2.36. The summed E-state index contributed by atoms with van der Waals surface area (Å²) < 4.78 is 5.30. The number of nitrogens with one attached hydrogen (secondary N) is 3. The second-order valence-corrected chi connectivity index (χ2v) is 5.09. The van der Waals surface area contributed by atoms with E-state index in [-0.39, 0.29) is 12.1 Å². The highest BCUT2D eigenvalue weighted by molar-refractivity contribution is 6.35. The molecule has 1 fully saturated rings. The number of benzene rings is 1. The monoisotopic (exact) mass is 303 g/mol. The van der Waals surface area contributed by atoms with Crippen LogP contribution < -0.4 is 16.0 Å². The van der Waals surface area contributed by atoms with Gasteiger partial charge in [0, 0.05) is 34.9 Å². The topological polar surface area (TPSA) is 62.4 Å². The Bertz CT molecular complexity index is 430. The lowest BCUT2D eigenvalue weighted by molar-refractivity contribution is 0.0776. The lowest BCUT2D eigenvalue weighted by Gasteiger charge is -2.23. The van der Waals surface area contributed by atoms with Crippen molar-refractivity contribution in [3.8, 4) is 0 Å². The van der Waals surface area contributed by atoms with Gasteiger partial charge in [0.1, 0.15) is 0 Å². The fourth-order valence-electron chi connectivity index (χ4n) is 1.77. The molecule has 19 heavy (non-hydrogen) atoms. The van der Waals surface area contributed by atoms with E-state index in [1.165, 1.54) is 0 Å². The molecule has 0 radical (unpaired) electrons. The van der Waals surface area contributed by atoms with Gasteiger partial charge in [-0.15, -0.1) is 0 Å². The third-order valence-electron chi connectivity index (χ3n) is 2.63. The molecule has 2 rings (SSSR count). The Labute approximate surface area is 121 Å². The average molecular weight is 304 g/mol. The number of amides is 2. The molecule has 0 saturated carbocycles. The molecule has 104 valence electrons. The van der Waals surface area contributed by atoms with Crippen molar-refractivity contribution in [2.75, 3.05) is 31.6 Å². The maximum atomic E-state index is 11.7. The van der Waals surface area contributed by atoms with E-state index in [0.717, 1.165) is 6.54 Å². The van der Waals surface area contributed by atoms with Gasteiger partial charge >= 0.3 is 6.03 Å². The summed E-state index contributed by atoms with van der Waals surface area (Å²) in [5, 5.41) is 9.64. The van der Waals surface area contributed by atoms with Gasteiger partial charge in [-0.05, 0) is 18.2 Å². The van der Waals surface area contributed by atoms with Crippen LogP contribution in [0.15, 0.2) is 18.2 Å². The summed E-state index contributed by atoms with van der Waals surface area (Å²) in [5.41, 5.74) is 0.558. The molecule has 1 atom stereocenters. The standard InChI is InChI=1S/C12H15Cl2N3O2/c13-8-3-9(14)5-10(4-8)17-12(18)16-6-11-7-19-2-1-15-11/h3-5,11,15H,1-2,6-7H2,(H2,16,17,18). The molecule has 7 heteroatoms. The zero-order valence-electron chi connectivity index (χ0n) is 10.2. The molecule has 1 aliphatic heterocycles. The Hall–Kier alpha value is -1.01. The van der Waals surface area contributed by atoms with Gasteiger partial charge in [0.15, 0.2) is 0 Å². The number of anilines is 1. The van der Waals surface area contributed by atoms with Gasteiger partial charge in [-0.1, -0.05) is 23.2 Å². The number of hydrogen-bond acceptors (Lipinski definition) is 3. The second-order valence-electron chi connectivity index (χ2n) is 4.22. The Kier molecular flexibility index (Phi) is 5.27. The predicted octanol–water partition coefficient (Wildman–Crippen LogP) is 2.10. The van der Waals surface area contributed by atoms with Gasteiger partial charge < -0.3 is 20.7 Å². The van der Waals surface area contributed by atoms with Crippen LogP contribution in [0.3, 0.4) is 0 Å². The summed E-state index contributed by atoms with van der Waals surface area (Å²) >= 11 is 11.7. The molecular weight excluding hydrogens is 289 g/mol. The predicted molar refractivity (Wildman–Crippen MR) is 76.1 cm³/mol. The largest absolute Gasteiger partial charge is 0.378 e. The fourth-order valence-corrected chi connectivity index (χ4v) is 2.29. The molecule has 1 aliphatic rings. The molecule has 2 amide bonds. The summed E-state index contributed by atoms with van der Waals surface area (Å²) in [4.78, 5) is 11.7. The van der Waals surface area contributed by atoms with Crippen LogP contribution in [0.1, 0.15) is 0 Å². The molecule has 1 heterocycles. The van der Waals surface area contributed by atoms with Gasteiger partial charge in [0.2, 0.25) is 0 Å². The zero-order valence-corrected chi connectivity index (χ0v) is 11.7. The van der Waals surface area contributed by atoms with Crippen LogP contribution in [-0.2, 0) is 4.74 Å². The molecule has 5 nitrogen and oxygen atoms in total. The van der Waals surface area contributed by atoms with Crippen LogP contribution in [0.2, 0.25) is 10.0 Å². The third kappa shape index (κ3) is 4.87. The van der Waals surface area contributed by atoms with E-state index in [1.807, 2.05) is 0 Å². The summed E-state index contributed by atoms with van der Waals surface area (Å²) in [6.07, 6.45) is 0. The maximum absolute atomic E-state index is 11.7. The van der Waals surface area contributed by atoms with Crippen molar-refractivity contribution in [3.05, 3.63) is 28.2 Å². The number of morpholine rings is 1. The SMILES string of the molecule is O=C(NCC1COCCN1)Nc1cc(Cl)cc(Cl)c1. The fraction of sp³-hybridized carbons (Fsp3) is 0.417. The van der Waals surface area contributed by atoms with E-state index >= 15 is 0 Å². The molecule has 1 unspecified atom stereocenters. The number of halogens is 2. The lowest BCUT2D eigenvalue weighted by atomic mass is 10.3. The first kappa shape index (κ1) is 14.4. The number of ether oxygens (including phenoxy) is 1. The summed E-state index contributed by atoms with van der Waals surface area (Å²) in [6, 6.07) is 4.72. The van der Waals surface area contributed by atoms with E-state index in [0.29, 0.717) is 35.5 Å². The first-order chi connectivity index (χ1) is 9.13. The van der Waals surface area contributed by atoms with Crippen LogP contribution >= 0.6 is 23.2 Å². The molecule has 1 saturated heterocycles. The number of urea groups is 1. The zero-order chi connectivity index (χ0) is 13.7. The third-order valence-corrected chi connectivity index (χ3v) is 3.06. The van der Waals surface area contributed by atoms with Crippen molar-refractivity contribution >= 4 is 34.9 Å². The molecule has 0 aliphatic carbocycles. The summed E-state index contributed by atoms with van der Waals surface area (Å²) in [5.74, 6) is 0. The van der Waals surface area contributed by atoms with E-state index in [9.17, 15) is 4.79 Å². The smallest absolute Gasteiger partial charge is 0.319 e. The van der Waals surface area contributed by atoms with Gasteiger partial charge in [0.25, 0.3) is 0 Å². The van der Waals surface area contributed by atoms with E-state index in [2.05, 4.69) is 16.0 Å². The van der Waals surface area contributed by atoms with Crippen LogP contribution in [0.5, 0.6) is 0 Å². The van der Waals surface area contributed by atoms with Crippen molar-refractivity contribution in [1.29, 1.82) is 0 Å². The number of hydrogen-bond donors (Lipinski definition) is 3. The molecule has 0 spiro atoms. The summed E-state index contributed by atoms with van der Waals surface area (Å²) in [6.45, 7) is 2.62. The van der Waals surface area contributed by atoms with Crippen molar-refractivity contribution in [3.63, 3.8) is 0 Å². The normalized spacial score (nSPS) is 18.9. The molecule has 1 aromatic carbocycles. The van der Waals surface area contributed by atoms with Crippen LogP contribution in [-0.4, -0.2) is 38.4 Å². The second kappa shape index (κ2) is 6.96. The van der Waals surface area contributed by atoms with E-state index in [1.54, 1.807) is 18.2 Å². The Balaban J connectivity index is 1.80. The van der Waals surface area contributed by atoms with Gasteiger partial charge in [-0.2, -0.15) is 0 Å². The van der Waals surface area contributed by atoms with Crippen LogP contribution in [0.4, 0.5) is 10.5 Å². The minimum atomic E-state index is -0.300. The van der Waals surface area contributed by atoms with Crippen molar-refractivity contribution in [2.24, 2.45) is 0 Å². The van der Waals surface area contributed by atoms with E-state index < -0.39 is 0 Å². The Morgan fingerprint density at radius 3 is 2.74 bits per heavy atom. The molecule has 1 aromatic rings. The molecule has 3 N–H and O–H groups in total. The minimum absolute atomic E-state index is 0.141. The first-order valence-corrected chi connectivity index (χ1v) is 6.71. The Morgan fingerprint density at radius 1 is 1.37 bits per heavy atom. The quantitative estimate of drug-likeness (QED) is 0.801. The first-order valence-electron chi connectivity index (χ1n) is 5.95. The van der Waals surface area contributed by atoms with Crippen LogP contribution in [0, 0.1) is 0 Å². The number of carbonyl (C=O) groups excluding carboxylic acids is 1. The molecular formula is C12H15Cl2N3O2. The maximum Gasteiger partial charge on any atom is 0.319 e. The number of rotatable bonds is 3. The van der Waals surface area contributed by atoms with Gasteiger partial charge in [-0.3, -0.25) is 0 Å². The van der Waals surface area contributed by atoms with Crippen molar-refractivity contribution in [2.45, 2.75) is 6.04 Å². The van der Waals surface area contributed by atoms with Crippen molar-refractivity contribution < 1.29 is 9.53 Å². The highest BCUT2D eigenvalue weighted by Gasteiger charge is 2.13. The van der Waals surface area contributed by atoms with E-state index in [4.69, 9.17) is 27.9 Å². The summed E-state index contributed by atoms with van der Waals surface area (Å²) in [7, 11) is 0. The highest BCUT2D eigenvalue weighted by Crippen LogP contribution is 2.22. The van der Waals surface area contributed by atoms with Gasteiger partial charge in [0.05, 0.1) is 13.2 Å². The molecule has 0 bridgehead atoms. The van der Waals surface area contributed by atoms with Gasteiger partial charge in [-0.25, -0.2) is 4.79 Å². The lowest BCUT2D eigenvalue weighted by Crippen LogP contribution is -2.49. The molecule has 0 aromatic heterocycles. The Morgan fingerprint density at radius 2 is 2.11 bits per heavy atom. The number of carbonyl (C=O) groups is 1.